The molecule has 0 saturated carbocycles. The Morgan fingerprint density at radius 1 is 1.22 bits per heavy atom. The summed E-state index contributed by atoms with van der Waals surface area (Å²) in [6, 6.07) is 5.06. The van der Waals surface area contributed by atoms with E-state index in [0.29, 0.717) is 17.1 Å². The highest BCUT2D eigenvalue weighted by Gasteiger charge is 2.13. The van der Waals surface area contributed by atoms with Crippen LogP contribution in [0.1, 0.15) is 10.5 Å². The SMILES string of the molecule is COc1cc(OC)cc(-c2nc(C(=O)O)co2)c1. The van der Waals surface area contributed by atoms with Gasteiger partial charge in [-0.3, -0.25) is 0 Å². The Morgan fingerprint density at radius 3 is 2.28 bits per heavy atom. The van der Waals surface area contributed by atoms with Crippen LogP contribution in [0.3, 0.4) is 0 Å². The van der Waals surface area contributed by atoms with Crippen LogP contribution in [0.25, 0.3) is 11.5 Å². The van der Waals surface area contributed by atoms with Crippen LogP contribution in [0, 0.1) is 0 Å². The van der Waals surface area contributed by atoms with Gasteiger partial charge in [0.15, 0.2) is 5.69 Å². The van der Waals surface area contributed by atoms with Crippen molar-refractivity contribution in [1.82, 2.24) is 4.98 Å². The molecule has 1 aromatic carbocycles. The molecule has 18 heavy (non-hydrogen) atoms. The van der Waals surface area contributed by atoms with E-state index in [1.807, 2.05) is 0 Å². The molecule has 6 heteroatoms. The summed E-state index contributed by atoms with van der Waals surface area (Å²) in [6.45, 7) is 0. The maximum atomic E-state index is 10.7. The first kappa shape index (κ1) is 12.0. The molecule has 1 N–H and O–H groups in total. The molecule has 94 valence electrons. The van der Waals surface area contributed by atoms with Crippen LogP contribution in [0.4, 0.5) is 0 Å². The molecule has 0 aliphatic carbocycles. The third-order valence-electron chi connectivity index (χ3n) is 2.32. The van der Waals surface area contributed by atoms with Crippen LogP contribution in [0.2, 0.25) is 0 Å². The van der Waals surface area contributed by atoms with Gasteiger partial charge in [-0.25, -0.2) is 9.78 Å². The van der Waals surface area contributed by atoms with Gasteiger partial charge in [0.25, 0.3) is 0 Å². The van der Waals surface area contributed by atoms with Crippen molar-refractivity contribution in [2.24, 2.45) is 0 Å². The summed E-state index contributed by atoms with van der Waals surface area (Å²) < 4.78 is 15.3. The molecule has 0 aliphatic heterocycles. The van der Waals surface area contributed by atoms with Gasteiger partial charge in [-0.2, -0.15) is 0 Å². The fourth-order valence-electron chi connectivity index (χ4n) is 1.44. The molecule has 0 unspecified atom stereocenters. The van der Waals surface area contributed by atoms with E-state index in [1.54, 1.807) is 18.2 Å². The van der Waals surface area contributed by atoms with Crippen molar-refractivity contribution in [3.8, 4) is 23.0 Å². The third-order valence-corrected chi connectivity index (χ3v) is 2.32. The number of benzene rings is 1. The molecule has 6 nitrogen and oxygen atoms in total. The number of methoxy groups -OCH3 is 2. The van der Waals surface area contributed by atoms with Crippen molar-refractivity contribution >= 4 is 5.97 Å². The molecule has 1 aromatic heterocycles. The number of hydrogen-bond donors (Lipinski definition) is 1. The molecule has 0 atom stereocenters. The summed E-state index contributed by atoms with van der Waals surface area (Å²) in [5, 5.41) is 8.77. The summed E-state index contributed by atoms with van der Waals surface area (Å²) in [7, 11) is 3.05. The van der Waals surface area contributed by atoms with E-state index in [4.69, 9.17) is 19.0 Å². The predicted octanol–water partition coefficient (Wildman–Crippen LogP) is 2.06. The lowest BCUT2D eigenvalue weighted by molar-refractivity contribution is 0.0690. The number of aromatic nitrogens is 1. The zero-order valence-electron chi connectivity index (χ0n) is 9.84. The number of hydrogen-bond acceptors (Lipinski definition) is 5. The number of rotatable bonds is 4. The normalized spacial score (nSPS) is 10.1. The molecule has 2 aromatic rings. The Morgan fingerprint density at radius 2 is 1.83 bits per heavy atom. The number of carboxylic acids is 1. The number of oxazole rings is 1. The topological polar surface area (TPSA) is 81.8 Å². The smallest absolute Gasteiger partial charge is 0.357 e. The fourth-order valence-corrected chi connectivity index (χ4v) is 1.44. The van der Waals surface area contributed by atoms with E-state index >= 15 is 0 Å². The first-order valence-corrected chi connectivity index (χ1v) is 5.06. The molecular weight excluding hydrogens is 238 g/mol. The minimum absolute atomic E-state index is 0.146. The lowest BCUT2D eigenvalue weighted by Gasteiger charge is -2.05. The van der Waals surface area contributed by atoms with Gasteiger partial charge < -0.3 is 19.0 Å². The maximum Gasteiger partial charge on any atom is 0.357 e. The minimum atomic E-state index is -1.14. The maximum absolute atomic E-state index is 10.7. The average molecular weight is 249 g/mol. The van der Waals surface area contributed by atoms with Crippen molar-refractivity contribution < 1.29 is 23.8 Å². The predicted molar refractivity (Wildman–Crippen MR) is 62.0 cm³/mol. The van der Waals surface area contributed by atoms with Crippen molar-refractivity contribution in [2.75, 3.05) is 14.2 Å². The molecule has 0 spiro atoms. The van der Waals surface area contributed by atoms with E-state index in [2.05, 4.69) is 4.98 Å². The number of carbonyl (C=O) groups is 1. The molecule has 0 aliphatic rings. The van der Waals surface area contributed by atoms with Gasteiger partial charge in [-0.15, -0.1) is 0 Å². The van der Waals surface area contributed by atoms with Gasteiger partial charge in [-0.1, -0.05) is 0 Å². The lowest BCUT2D eigenvalue weighted by atomic mass is 10.2. The second-order valence-corrected chi connectivity index (χ2v) is 3.44. The van der Waals surface area contributed by atoms with Crippen LogP contribution in [-0.4, -0.2) is 30.3 Å². The van der Waals surface area contributed by atoms with E-state index in [1.165, 1.54) is 14.2 Å². The van der Waals surface area contributed by atoms with E-state index in [0.717, 1.165) is 6.26 Å². The van der Waals surface area contributed by atoms with Gasteiger partial charge in [0, 0.05) is 11.6 Å². The van der Waals surface area contributed by atoms with Crippen molar-refractivity contribution in [3.05, 3.63) is 30.2 Å². The van der Waals surface area contributed by atoms with Crippen molar-refractivity contribution in [2.45, 2.75) is 0 Å². The molecule has 0 bridgehead atoms. The number of aromatic carboxylic acids is 1. The highest BCUT2D eigenvalue weighted by Crippen LogP contribution is 2.29. The quantitative estimate of drug-likeness (QED) is 0.893. The van der Waals surface area contributed by atoms with E-state index in [-0.39, 0.29) is 11.6 Å². The zero-order valence-corrected chi connectivity index (χ0v) is 9.84. The van der Waals surface area contributed by atoms with Gasteiger partial charge in [0.1, 0.15) is 17.8 Å². The zero-order chi connectivity index (χ0) is 13.1. The highest BCUT2D eigenvalue weighted by molar-refractivity contribution is 5.85. The number of carboxylic acid groups (broad SMARTS) is 1. The molecule has 2 rings (SSSR count). The summed E-state index contributed by atoms with van der Waals surface area (Å²) >= 11 is 0. The summed E-state index contributed by atoms with van der Waals surface area (Å²) in [4.78, 5) is 14.6. The van der Waals surface area contributed by atoms with Gasteiger partial charge in [-0.05, 0) is 12.1 Å². The Hall–Kier alpha value is -2.50. The Labute approximate surface area is 103 Å². The second kappa shape index (κ2) is 4.79. The van der Waals surface area contributed by atoms with Gasteiger partial charge >= 0.3 is 5.97 Å². The summed E-state index contributed by atoms with van der Waals surface area (Å²) in [5.41, 5.74) is 0.436. The van der Waals surface area contributed by atoms with Gasteiger partial charge in [0.2, 0.25) is 5.89 Å². The molecule has 0 amide bonds. The molecule has 0 radical (unpaired) electrons. The molecule has 0 saturated heterocycles. The monoisotopic (exact) mass is 249 g/mol. The summed E-state index contributed by atoms with van der Waals surface area (Å²) in [5.74, 6) is 0.198. The largest absolute Gasteiger partial charge is 0.497 e. The Balaban J connectivity index is 2.45. The lowest BCUT2D eigenvalue weighted by Crippen LogP contribution is -1.95. The summed E-state index contributed by atoms with van der Waals surface area (Å²) in [6.07, 6.45) is 1.09. The Bertz CT molecular complexity index is 553. The fraction of sp³-hybridized carbons (Fsp3) is 0.167. The molecule has 1 heterocycles. The van der Waals surface area contributed by atoms with Crippen LogP contribution >= 0.6 is 0 Å². The Kier molecular flexibility index (Phi) is 3.18. The highest BCUT2D eigenvalue weighted by atomic mass is 16.5. The minimum Gasteiger partial charge on any atom is -0.497 e. The second-order valence-electron chi connectivity index (χ2n) is 3.44. The van der Waals surface area contributed by atoms with Crippen LogP contribution < -0.4 is 9.47 Å². The average Bonchev–Trinajstić information content (AvgIpc) is 2.87. The molecular formula is C12H11NO5. The number of nitrogens with zero attached hydrogens (tertiary/aromatic N) is 1. The third kappa shape index (κ3) is 2.27. The molecule has 0 fully saturated rings. The first-order chi connectivity index (χ1) is 8.63. The van der Waals surface area contributed by atoms with E-state index < -0.39 is 5.97 Å². The van der Waals surface area contributed by atoms with Gasteiger partial charge in [0.05, 0.1) is 14.2 Å². The first-order valence-electron chi connectivity index (χ1n) is 5.06. The standard InChI is InChI=1S/C12H11NO5/c1-16-8-3-7(4-9(5-8)17-2)11-13-10(6-18-11)12(14)15/h3-6H,1-2H3,(H,14,15). The van der Waals surface area contributed by atoms with E-state index in [9.17, 15) is 4.79 Å². The van der Waals surface area contributed by atoms with Crippen LogP contribution in [-0.2, 0) is 0 Å². The van der Waals surface area contributed by atoms with Crippen molar-refractivity contribution in [1.29, 1.82) is 0 Å². The van der Waals surface area contributed by atoms with Crippen LogP contribution in [0.15, 0.2) is 28.9 Å². The van der Waals surface area contributed by atoms with Crippen LogP contribution in [0.5, 0.6) is 11.5 Å². The van der Waals surface area contributed by atoms with Crippen molar-refractivity contribution in [3.63, 3.8) is 0 Å². The number of ether oxygens (including phenoxy) is 2.